The van der Waals surface area contributed by atoms with Crippen LogP contribution in [0.5, 0.6) is 0 Å². The van der Waals surface area contributed by atoms with E-state index in [2.05, 4.69) is 326 Å². The van der Waals surface area contributed by atoms with Gasteiger partial charge in [0.15, 0.2) is 30.5 Å². The second-order valence-electron chi connectivity index (χ2n) is 37.4. The van der Waals surface area contributed by atoms with Crippen LogP contribution in [-0.4, -0.2) is 24.9 Å². The zero-order valence-corrected chi connectivity index (χ0v) is 75.9. The van der Waals surface area contributed by atoms with Crippen LogP contribution in [0.1, 0.15) is 201 Å². The van der Waals surface area contributed by atoms with Crippen LogP contribution < -0.4 is 22.8 Å². The molecule has 10 heterocycles. The molecule has 0 saturated heterocycles. The summed E-state index contributed by atoms with van der Waals surface area (Å²) in [6, 6.07) is 62.9. The average molecular weight is 1610 g/mol. The van der Waals surface area contributed by atoms with Crippen LogP contribution in [0.2, 0.25) is 0 Å². The van der Waals surface area contributed by atoms with Crippen molar-refractivity contribution < 1.29 is 31.1 Å². The highest BCUT2D eigenvalue weighted by Gasteiger charge is 2.43. The Balaban J connectivity index is 0.000000118. The molecule has 15 aromatic rings. The van der Waals surface area contributed by atoms with Gasteiger partial charge in [-0.15, -0.1) is 0 Å². The van der Waals surface area contributed by atoms with Gasteiger partial charge in [0.1, 0.15) is 35.2 Å². The van der Waals surface area contributed by atoms with Crippen molar-refractivity contribution in [1.82, 2.24) is 24.9 Å². The zero-order valence-electron chi connectivity index (χ0n) is 81.9. The molecule has 10 nitrogen and oxygen atoms in total. The highest BCUT2D eigenvalue weighted by molar-refractivity contribution is 5.89. The third-order valence-electron chi connectivity index (χ3n) is 27.2. The number of fused-ring (bicyclic) bond motifs is 15. The van der Waals surface area contributed by atoms with Crippen LogP contribution in [0.15, 0.2) is 232 Å². The van der Waals surface area contributed by atoms with E-state index in [1.54, 1.807) is 18.5 Å². The highest BCUT2D eigenvalue weighted by Crippen LogP contribution is 2.55. The molecule has 5 aliphatic rings. The lowest BCUT2D eigenvalue weighted by atomic mass is 9.83. The fourth-order valence-electron chi connectivity index (χ4n) is 19.8. The first kappa shape index (κ1) is 75.8. The van der Waals surface area contributed by atoms with E-state index in [1.807, 2.05) is 104 Å². The van der Waals surface area contributed by atoms with Crippen LogP contribution in [0.25, 0.3) is 112 Å². The molecule has 0 unspecified atom stereocenters. The maximum Gasteiger partial charge on any atom is 0.212 e. The fraction of sp³-hybridized carbons (Fsp3) is 0.286. The second kappa shape index (κ2) is 30.9. The quantitative estimate of drug-likeness (QED) is 0.160. The molecule has 10 heteroatoms. The minimum Gasteiger partial charge on any atom is -0.260 e. The molecule has 0 atom stereocenters. The molecular weight excluding hydrogens is 1490 g/mol. The van der Waals surface area contributed by atoms with Crippen LogP contribution in [-0.2, 0) is 62.3 Å². The Bertz CT molecular complexity index is 6970. The Morgan fingerprint density at radius 3 is 0.885 bits per heavy atom. The van der Waals surface area contributed by atoms with Crippen molar-refractivity contribution in [2.45, 2.75) is 179 Å². The second-order valence-corrected chi connectivity index (χ2v) is 37.4. The predicted molar refractivity (Wildman–Crippen MR) is 499 cm³/mol. The van der Waals surface area contributed by atoms with Gasteiger partial charge in [0.25, 0.3) is 0 Å². The van der Waals surface area contributed by atoms with Crippen LogP contribution in [0.4, 0.5) is 0 Å². The number of hydrogen-bond acceptors (Lipinski definition) is 5. The number of pyridine rings is 10. The molecule has 0 N–H and O–H groups in total. The van der Waals surface area contributed by atoms with Crippen LogP contribution >= 0.6 is 0 Å². The summed E-state index contributed by atoms with van der Waals surface area (Å²) in [7, 11) is 10.2. The molecule has 5 aromatic carbocycles. The molecule has 5 aliphatic carbocycles. The standard InChI is InChI=1S/2C23H25N2.3C22H23N2/c2*1-14-11-21(25(6)13-16(14)3)18-12-19-17-8-7-9-24-22(17)23(4,5)20(19)10-15(18)2;1-14-12-19-18(16-9-7-11-23-21(16)22(19,3)4)13-17(14)20-10-6-8-15(2)24(20)5;1-14-8-9-20(24(5)13-14)17-12-18-16-7-6-10-23-21(16)22(3,4)19(18)11-15(17)2;1-14-8-10-24(5)20(11-14)17-13-18-16-7-6-9-23-21(16)22(3,4)19(18)12-15(17)2/h2*7-13H,1-6H3;3*6-13H,1-5H3/q5*+1/i3D3;;;1D3;. The van der Waals surface area contributed by atoms with Crippen molar-refractivity contribution in [2.75, 3.05) is 0 Å². The Labute approximate surface area is 733 Å². The average Bonchev–Trinajstić information content (AvgIpc) is 1.66. The van der Waals surface area contributed by atoms with Gasteiger partial charge >= 0.3 is 0 Å². The zero-order chi connectivity index (χ0) is 92.0. The molecular formula is C112H119N10+5. The molecule has 0 amide bonds. The van der Waals surface area contributed by atoms with E-state index in [1.165, 1.54) is 185 Å². The lowest BCUT2D eigenvalue weighted by Gasteiger charge is -2.21. The lowest BCUT2D eigenvalue weighted by Crippen LogP contribution is -2.34. The number of benzene rings is 5. The van der Waals surface area contributed by atoms with Crippen molar-refractivity contribution in [1.29, 1.82) is 0 Å². The number of rotatable bonds is 5. The molecule has 122 heavy (non-hydrogen) atoms. The largest absolute Gasteiger partial charge is 0.260 e. The number of nitrogens with zero attached hydrogens (tertiary/aromatic N) is 10. The molecule has 0 aliphatic heterocycles. The normalized spacial score (nSPS) is 15.3. The van der Waals surface area contributed by atoms with E-state index in [0.29, 0.717) is 11.1 Å². The summed E-state index contributed by atoms with van der Waals surface area (Å²) in [5.41, 5.74) is 49.7. The first-order chi connectivity index (χ1) is 60.2. The topological polar surface area (TPSA) is 83.9 Å². The molecule has 20 rings (SSSR count). The Kier molecular flexibility index (Phi) is 19.2. The summed E-state index contributed by atoms with van der Waals surface area (Å²) in [5.74, 6) is 0. The summed E-state index contributed by atoms with van der Waals surface area (Å²) in [6.45, 7) is 39.7. The van der Waals surface area contributed by atoms with Gasteiger partial charge in [0, 0.05) is 188 Å². The minimum atomic E-state index is -2.11. The van der Waals surface area contributed by atoms with Crippen molar-refractivity contribution in [2.24, 2.45) is 35.2 Å². The van der Waals surface area contributed by atoms with Crippen molar-refractivity contribution in [3.63, 3.8) is 0 Å². The first-order valence-corrected chi connectivity index (χ1v) is 42.7. The molecule has 10 aromatic heterocycles. The number of aryl methyl sites for hydroxylation is 16. The SMILES string of the molecule is Cc1cc(-c2cc3c(cc2C)C(C)(C)c2ncccc2-3)[n+](C)cc1C.Cc1cc2c(cc1-c1cccc(C)[n+]1C)-c1cccnc1C2(C)C.Cc1cc[n+](C)c(-c2cc3c(cc2C)C(C)(C)c2ncccc2-3)c1.[2H]C([2H])([2H])c1c[n+](C)c(-c2cc3c(cc2C)C(C)(C)c2ncccc2-3)cc1C.[2H]C([2H])([2H])c1ccc(-c2cc3c(cc2C)C(C)(C)c2ncccc2-3)[n+](C)c1. The maximum atomic E-state index is 7.77. The van der Waals surface area contributed by atoms with E-state index in [0.717, 1.165) is 39.5 Å². The first-order valence-electron chi connectivity index (χ1n) is 45.7. The lowest BCUT2D eigenvalue weighted by molar-refractivity contribution is -0.666. The third kappa shape index (κ3) is 14.1. The van der Waals surface area contributed by atoms with E-state index >= 15 is 0 Å². The molecule has 0 bridgehead atoms. The number of hydrogen-bond donors (Lipinski definition) is 0. The van der Waals surface area contributed by atoms with E-state index in [9.17, 15) is 0 Å². The van der Waals surface area contributed by atoms with Crippen LogP contribution in [0, 0.1) is 82.9 Å². The Morgan fingerprint density at radius 1 is 0.238 bits per heavy atom. The van der Waals surface area contributed by atoms with Crippen LogP contribution in [0.3, 0.4) is 0 Å². The monoisotopic (exact) mass is 1610 g/mol. The molecule has 0 saturated carbocycles. The smallest absolute Gasteiger partial charge is 0.212 e. The Morgan fingerprint density at radius 2 is 0.549 bits per heavy atom. The van der Waals surface area contributed by atoms with Gasteiger partial charge < -0.3 is 0 Å². The van der Waals surface area contributed by atoms with Gasteiger partial charge in [-0.25, -0.2) is 18.3 Å². The van der Waals surface area contributed by atoms with Gasteiger partial charge in [-0.05, 0) is 249 Å². The van der Waals surface area contributed by atoms with Crippen molar-refractivity contribution in [3.8, 4) is 112 Å². The van der Waals surface area contributed by atoms with Gasteiger partial charge in [-0.1, -0.05) is 130 Å². The van der Waals surface area contributed by atoms with E-state index < -0.39 is 13.7 Å². The molecule has 612 valence electrons. The maximum absolute atomic E-state index is 7.77. The summed E-state index contributed by atoms with van der Waals surface area (Å²) in [5, 5.41) is 0. The van der Waals surface area contributed by atoms with Crippen molar-refractivity contribution in [3.05, 3.63) is 355 Å². The van der Waals surface area contributed by atoms with E-state index in [-0.39, 0.29) is 27.1 Å². The van der Waals surface area contributed by atoms with Crippen molar-refractivity contribution >= 4 is 0 Å². The number of aromatic nitrogens is 10. The molecule has 0 radical (unpaired) electrons. The van der Waals surface area contributed by atoms with Gasteiger partial charge in [0.2, 0.25) is 28.5 Å². The van der Waals surface area contributed by atoms with Gasteiger partial charge in [0.05, 0.1) is 28.5 Å². The van der Waals surface area contributed by atoms with E-state index in [4.69, 9.17) is 13.2 Å². The van der Waals surface area contributed by atoms with Gasteiger partial charge in [-0.2, -0.15) is 4.57 Å². The fourth-order valence-corrected chi connectivity index (χ4v) is 19.8. The summed E-state index contributed by atoms with van der Waals surface area (Å²) >= 11 is 0. The summed E-state index contributed by atoms with van der Waals surface area (Å²) in [4.78, 5) is 23.4. The Hall–Kier alpha value is -12.4. The predicted octanol–water partition coefficient (Wildman–Crippen LogP) is 23.1. The summed E-state index contributed by atoms with van der Waals surface area (Å²) in [6.07, 6.45) is 17.2. The highest BCUT2D eigenvalue weighted by atomic mass is 15.0. The molecule has 0 spiro atoms. The van der Waals surface area contributed by atoms with Gasteiger partial charge in [-0.3, -0.25) is 24.9 Å². The minimum absolute atomic E-state index is 0.0377. The summed E-state index contributed by atoms with van der Waals surface area (Å²) < 4.78 is 56.7. The molecule has 0 fully saturated rings. The third-order valence-corrected chi connectivity index (χ3v) is 27.2.